The average Bonchev–Trinajstić information content (AvgIpc) is 3.76. The predicted octanol–water partition coefficient (Wildman–Crippen LogP) is 7.47. The fraction of sp³-hybridized carbons (Fsp3) is 0.300. The molecule has 0 saturated carbocycles. The van der Waals surface area contributed by atoms with Crippen molar-refractivity contribution in [3.05, 3.63) is 154 Å². The van der Waals surface area contributed by atoms with Gasteiger partial charge in [0.05, 0.1) is 12.6 Å². The molecule has 2 aromatic heterocycles. The first-order valence-electron chi connectivity index (χ1n) is 16.8. The maximum absolute atomic E-state index is 6.14. The van der Waals surface area contributed by atoms with Crippen LogP contribution in [0.3, 0.4) is 0 Å². The van der Waals surface area contributed by atoms with E-state index in [0.29, 0.717) is 0 Å². The summed E-state index contributed by atoms with van der Waals surface area (Å²) < 4.78 is 1.84. The van der Waals surface area contributed by atoms with Crippen molar-refractivity contribution in [2.75, 3.05) is 46.8 Å². The standard InChI is InChI=1S/C25H27ClN2.C15H19N5/c1-20-6-5-7-21(18-20)19-27-14-16-28(17-15-27)25(22-8-3-2-4-9-22)23-10-12-24(26)13-11-23;1-19(2)6-5-13-8-17-15-4-3-12(7-14(13)15)9-20-11-16-10-18-20/h2-13,18,25H,14-17,19H2,1H3;3-4,7-8,10-11,17H,5-6,9H2,1-2H3. The number of nitrogens with zero attached hydrogens (tertiary/aromatic N) is 6. The minimum Gasteiger partial charge on any atom is -0.361 e. The van der Waals surface area contributed by atoms with Crippen LogP contribution in [-0.4, -0.2) is 81.3 Å². The van der Waals surface area contributed by atoms with E-state index in [9.17, 15) is 0 Å². The van der Waals surface area contributed by atoms with Crippen LogP contribution in [0.25, 0.3) is 10.9 Å². The first-order chi connectivity index (χ1) is 23.4. The lowest BCUT2D eigenvalue weighted by atomic mass is 9.96. The fourth-order valence-corrected chi connectivity index (χ4v) is 6.65. The largest absolute Gasteiger partial charge is 0.361 e. The molecule has 0 radical (unpaired) electrons. The van der Waals surface area contributed by atoms with Crippen LogP contribution < -0.4 is 0 Å². The molecule has 7 rings (SSSR count). The first kappa shape index (κ1) is 33.6. The van der Waals surface area contributed by atoms with Gasteiger partial charge in [0.2, 0.25) is 0 Å². The van der Waals surface area contributed by atoms with E-state index in [1.807, 2.05) is 16.8 Å². The third-order valence-corrected chi connectivity index (χ3v) is 9.29. The van der Waals surface area contributed by atoms with Crippen LogP contribution in [0, 0.1) is 6.92 Å². The van der Waals surface area contributed by atoms with E-state index in [1.165, 1.54) is 44.3 Å². The molecule has 1 aliphatic rings. The lowest BCUT2D eigenvalue weighted by Gasteiger charge is -2.40. The molecule has 1 atom stereocenters. The Morgan fingerprint density at radius 1 is 0.812 bits per heavy atom. The van der Waals surface area contributed by atoms with Crippen LogP contribution in [0.1, 0.15) is 39.4 Å². The van der Waals surface area contributed by atoms with Gasteiger partial charge >= 0.3 is 0 Å². The highest BCUT2D eigenvalue weighted by Gasteiger charge is 2.26. The topological polar surface area (TPSA) is 56.2 Å². The molecule has 1 fully saturated rings. The van der Waals surface area contributed by atoms with Crippen molar-refractivity contribution >= 4 is 22.5 Å². The Labute approximate surface area is 289 Å². The lowest BCUT2D eigenvalue weighted by molar-refractivity contribution is 0.105. The molecule has 0 bridgehead atoms. The second-order valence-electron chi connectivity index (χ2n) is 13.0. The molecule has 4 aromatic carbocycles. The fourth-order valence-electron chi connectivity index (χ4n) is 6.52. The second-order valence-corrected chi connectivity index (χ2v) is 13.4. The average molecular weight is 660 g/mol. The monoisotopic (exact) mass is 659 g/mol. The van der Waals surface area contributed by atoms with Crippen molar-refractivity contribution in [1.29, 1.82) is 0 Å². The zero-order chi connectivity index (χ0) is 33.3. The number of likely N-dealkylation sites (N-methyl/N-ethyl adjacent to an activating group) is 1. The molecule has 0 spiro atoms. The Balaban J connectivity index is 0.000000177. The number of halogens is 1. The number of benzene rings is 4. The molecule has 8 heteroatoms. The molecule has 6 aromatic rings. The number of aryl methyl sites for hydroxylation is 1. The Hall–Kier alpha value is -4.27. The molecule has 1 aliphatic heterocycles. The summed E-state index contributed by atoms with van der Waals surface area (Å²) in [5.74, 6) is 0. The van der Waals surface area contributed by atoms with Gasteiger partial charge in [-0.3, -0.25) is 9.80 Å². The Bertz CT molecular complexity index is 1840. The summed E-state index contributed by atoms with van der Waals surface area (Å²) in [7, 11) is 4.20. The molecule has 3 heterocycles. The van der Waals surface area contributed by atoms with Gasteiger partial charge < -0.3 is 9.88 Å². The van der Waals surface area contributed by atoms with E-state index in [1.54, 1.807) is 12.7 Å². The number of hydrogen-bond acceptors (Lipinski definition) is 5. The highest BCUT2D eigenvalue weighted by atomic mass is 35.5. The molecular weight excluding hydrogens is 614 g/mol. The minimum absolute atomic E-state index is 0.277. The van der Waals surface area contributed by atoms with Crippen molar-refractivity contribution in [1.82, 2.24) is 34.4 Å². The van der Waals surface area contributed by atoms with E-state index in [2.05, 4.69) is 142 Å². The molecule has 7 nitrogen and oxygen atoms in total. The van der Waals surface area contributed by atoms with E-state index in [-0.39, 0.29) is 6.04 Å². The van der Waals surface area contributed by atoms with Gasteiger partial charge in [0.25, 0.3) is 0 Å². The molecular formula is C40H46ClN7. The number of H-pyrrole nitrogens is 1. The number of aromatic nitrogens is 4. The summed E-state index contributed by atoms with van der Waals surface area (Å²) in [6, 6.07) is 34.8. The maximum atomic E-state index is 6.14. The summed E-state index contributed by atoms with van der Waals surface area (Å²) in [5.41, 5.74) is 9.21. The third-order valence-electron chi connectivity index (χ3n) is 9.03. The van der Waals surface area contributed by atoms with Crippen molar-refractivity contribution in [3.63, 3.8) is 0 Å². The van der Waals surface area contributed by atoms with Gasteiger partial charge in [0.15, 0.2) is 0 Å². The van der Waals surface area contributed by atoms with Gasteiger partial charge in [-0.2, -0.15) is 5.10 Å². The van der Waals surface area contributed by atoms with Crippen LogP contribution in [0.4, 0.5) is 0 Å². The zero-order valence-electron chi connectivity index (χ0n) is 28.3. The van der Waals surface area contributed by atoms with Crippen LogP contribution >= 0.6 is 11.6 Å². The molecule has 248 valence electrons. The van der Waals surface area contributed by atoms with Gasteiger partial charge in [0.1, 0.15) is 12.7 Å². The van der Waals surface area contributed by atoms with Gasteiger partial charge in [-0.15, -0.1) is 0 Å². The van der Waals surface area contributed by atoms with Crippen molar-refractivity contribution in [3.8, 4) is 0 Å². The van der Waals surface area contributed by atoms with Gasteiger partial charge in [-0.05, 0) is 79.5 Å². The van der Waals surface area contributed by atoms with Crippen molar-refractivity contribution < 1.29 is 0 Å². The van der Waals surface area contributed by atoms with Gasteiger partial charge in [0, 0.05) is 61.4 Å². The van der Waals surface area contributed by atoms with Gasteiger partial charge in [-0.1, -0.05) is 90.0 Å². The lowest BCUT2D eigenvalue weighted by Crippen LogP contribution is -2.47. The summed E-state index contributed by atoms with van der Waals surface area (Å²) in [4.78, 5) is 14.7. The van der Waals surface area contributed by atoms with Crippen LogP contribution in [-0.2, 0) is 19.5 Å². The second kappa shape index (κ2) is 16.2. The number of rotatable bonds is 10. The smallest absolute Gasteiger partial charge is 0.137 e. The summed E-state index contributed by atoms with van der Waals surface area (Å²) >= 11 is 6.14. The number of hydrogen-bond donors (Lipinski definition) is 1. The van der Waals surface area contributed by atoms with Crippen molar-refractivity contribution in [2.45, 2.75) is 32.5 Å². The summed E-state index contributed by atoms with van der Waals surface area (Å²) in [6.07, 6.45) is 6.48. The summed E-state index contributed by atoms with van der Waals surface area (Å²) in [5, 5.41) is 6.25. The van der Waals surface area contributed by atoms with E-state index < -0.39 is 0 Å². The summed E-state index contributed by atoms with van der Waals surface area (Å²) in [6.45, 7) is 9.32. The highest BCUT2D eigenvalue weighted by molar-refractivity contribution is 6.30. The quantitative estimate of drug-likeness (QED) is 0.165. The van der Waals surface area contributed by atoms with E-state index >= 15 is 0 Å². The molecule has 0 aliphatic carbocycles. The number of aromatic amines is 1. The highest BCUT2D eigenvalue weighted by Crippen LogP contribution is 2.30. The zero-order valence-corrected chi connectivity index (χ0v) is 29.0. The SMILES string of the molecule is CN(C)CCc1c[nH]c2ccc(Cn3cncn3)cc12.Cc1cccc(CN2CCN(C(c3ccccc3)c3ccc(Cl)cc3)CC2)c1. The number of piperazine rings is 1. The van der Waals surface area contributed by atoms with Gasteiger partial charge in [-0.25, -0.2) is 9.67 Å². The predicted molar refractivity (Wildman–Crippen MR) is 197 cm³/mol. The number of fused-ring (bicyclic) bond motifs is 1. The van der Waals surface area contributed by atoms with E-state index in [4.69, 9.17) is 11.6 Å². The van der Waals surface area contributed by atoms with Crippen LogP contribution in [0.2, 0.25) is 5.02 Å². The maximum Gasteiger partial charge on any atom is 0.137 e. The van der Waals surface area contributed by atoms with E-state index in [0.717, 1.165) is 57.3 Å². The first-order valence-corrected chi connectivity index (χ1v) is 17.2. The van der Waals surface area contributed by atoms with Crippen LogP contribution in [0.5, 0.6) is 0 Å². The molecule has 1 saturated heterocycles. The molecule has 48 heavy (non-hydrogen) atoms. The Kier molecular flexibility index (Phi) is 11.4. The normalized spacial score (nSPS) is 14.6. The minimum atomic E-state index is 0.277. The third kappa shape index (κ3) is 8.99. The molecule has 1 unspecified atom stereocenters. The Morgan fingerprint density at radius 3 is 2.27 bits per heavy atom. The van der Waals surface area contributed by atoms with Crippen LogP contribution in [0.15, 0.2) is 116 Å². The Morgan fingerprint density at radius 2 is 1.56 bits per heavy atom. The molecule has 0 amide bonds. The molecule has 1 N–H and O–H groups in total. The van der Waals surface area contributed by atoms with Crippen molar-refractivity contribution in [2.24, 2.45) is 0 Å². The number of nitrogens with one attached hydrogen (secondary N) is 1.